The number of pyridine rings is 1. The van der Waals surface area contributed by atoms with Crippen molar-refractivity contribution in [3.63, 3.8) is 0 Å². The van der Waals surface area contributed by atoms with E-state index in [2.05, 4.69) is 29.5 Å². The van der Waals surface area contributed by atoms with Gasteiger partial charge in [0.05, 0.1) is 11.9 Å². The van der Waals surface area contributed by atoms with Crippen LogP contribution in [0.3, 0.4) is 0 Å². The number of aryl methyl sites for hydroxylation is 1. The number of hydrogen-bond donors (Lipinski definition) is 2. The summed E-state index contributed by atoms with van der Waals surface area (Å²) in [5.74, 6) is 0.584. The molecule has 0 spiro atoms. The van der Waals surface area contributed by atoms with Gasteiger partial charge in [-0.25, -0.2) is 0 Å². The van der Waals surface area contributed by atoms with Gasteiger partial charge in [-0.2, -0.15) is 0 Å². The largest absolute Gasteiger partial charge is 0.362 e. The van der Waals surface area contributed by atoms with Gasteiger partial charge in [0.2, 0.25) is 0 Å². The first-order valence-electron chi connectivity index (χ1n) is 5.05. The minimum absolute atomic E-state index is 0.584. The summed E-state index contributed by atoms with van der Waals surface area (Å²) in [6.45, 7) is 7.12. The summed E-state index contributed by atoms with van der Waals surface area (Å²) < 4.78 is 0. The molecule has 0 aromatic carbocycles. The van der Waals surface area contributed by atoms with E-state index in [1.807, 2.05) is 19.1 Å². The molecule has 0 aliphatic carbocycles. The molecule has 0 unspecified atom stereocenters. The molecular formula is C11H17N3S. The van der Waals surface area contributed by atoms with Gasteiger partial charge in [-0.15, -0.1) is 0 Å². The molecule has 0 fully saturated rings. The predicted octanol–water partition coefficient (Wildman–Crippen LogP) is 2.33. The monoisotopic (exact) mass is 223 g/mol. The first-order chi connectivity index (χ1) is 7.08. The summed E-state index contributed by atoms with van der Waals surface area (Å²) in [5, 5.41) is 6.87. The highest BCUT2D eigenvalue weighted by molar-refractivity contribution is 7.80. The van der Waals surface area contributed by atoms with E-state index in [9.17, 15) is 0 Å². The molecule has 0 aliphatic heterocycles. The molecule has 15 heavy (non-hydrogen) atoms. The van der Waals surface area contributed by atoms with Crippen LogP contribution in [0.4, 0.5) is 5.69 Å². The number of hydrogen-bond acceptors (Lipinski definition) is 2. The first-order valence-corrected chi connectivity index (χ1v) is 5.46. The Kier molecular flexibility index (Phi) is 4.49. The molecule has 3 nitrogen and oxygen atoms in total. The van der Waals surface area contributed by atoms with Gasteiger partial charge in [0.25, 0.3) is 0 Å². The molecular weight excluding hydrogens is 206 g/mol. The third kappa shape index (κ3) is 4.74. The molecule has 82 valence electrons. The Morgan fingerprint density at radius 2 is 2.20 bits per heavy atom. The average Bonchev–Trinajstić information content (AvgIpc) is 2.19. The maximum atomic E-state index is 5.14. The highest BCUT2D eigenvalue weighted by Crippen LogP contribution is 2.04. The van der Waals surface area contributed by atoms with E-state index >= 15 is 0 Å². The van der Waals surface area contributed by atoms with Crippen molar-refractivity contribution in [1.82, 2.24) is 10.3 Å². The lowest BCUT2D eigenvalue weighted by Crippen LogP contribution is -2.31. The average molecular weight is 223 g/mol. The van der Waals surface area contributed by atoms with Crippen molar-refractivity contribution in [2.75, 3.05) is 11.9 Å². The van der Waals surface area contributed by atoms with Crippen molar-refractivity contribution in [2.24, 2.45) is 5.92 Å². The van der Waals surface area contributed by atoms with Crippen LogP contribution in [0.15, 0.2) is 18.3 Å². The minimum Gasteiger partial charge on any atom is -0.362 e. The van der Waals surface area contributed by atoms with Gasteiger partial charge in [-0.3, -0.25) is 4.98 Å². The number of aromatic nitrogens is 1. The summed E-state index contributed by atoms with van der Waals surface area (Å²) in [5.41, 5.74) is 1.92. The summed E-state index contributed by atoms with van der Waals surface area (Å²) >= 11 is 5.14. The molecule has 0 atom stereocenters. The zero-order valence-electron chi connectivity index (χ0n) is 9.37. The molecule has 2 N–H and O–H groups in total. The van der Waals surface area contributed by atoms with Crippen LogP contribution in [0.25, 0.3) is 0 Å². The zero-order chi connectivity index (χ0) is 11.3. The lowest BCUT2D eigenvalue weighted by molar-refractivity contribution is 0.627. The maximum absolute atomic E-state index is 5.14. The smallest absolute Gasteiger partial charge is 0.170 e. The minimum atomic E-state index is 0.584. The normalized spacial score (nSPS) is 10.1. The van der Waals surface area contributed by atoms with Gasteiger partial charge in [-0.1, -0.05) is 13.8 Å². The molecule has 1 heterocycles. The third-order valence-corrected chi connectivity index (χ3v) is 2.09. The van der Waals surface area contributed by atoms with Crippen molar-refractivity contribution >= 4 is 23.0 Å². The van der Waals surface area contributed by atoms with Crippen molar-refractivity contribution in [1.29, 1.82) is 0 Å². The van der Waals surface area contributed by atoms with Gasteiger partial charge in [0.15, 0.2) is 5.11 Å². The fourth-order valence-corrected chi connectivity index (χ4v) is 1.22. The Morgan fingerprint density at radius 1 is 1.47 bits per heavy atom. The van der Waals surface area contributed by atoms with Crippen LogP contribution in [-0.4, -0.2) is 16.6 Å². The Morgan fingerprint density at radius 3 is 2.73 bits per heavy atom. The number of nitrogens with one attached hydrogen (secondary N) is 2. The van der Waals surface area contributed by atoms with E-state index in [1.165, 1.54) is 0 Å². The number of thiocarbonyl (C=S) groups is 1. The fraction of sp³-hybridized carbons (Fsp3) is 0.455. The van der Waals surface area contributed by atoms with Crippen molar-refractivity contribution in [3.05, 3.63) is 24.0 Å². The van der Waals surface area contributed by atoms with Crippen LogP contribution >= 0.6 is 12.2 Å². The Bertz CT molecular complexity index is 319. The van der Waals surface area contributed by atoms with E-state index in [1.54, 1.807) is 6.20 Å². The number of anilines is 1. The van der Waals surface area contributed by atoms with Gasteiger partial charge in [0, 0.05) is 12.2 Å². The molecule has 1 rings (SSSR count). The van der Waals surface area contributed by atoms with Crippen LogP contribution in [0, 0.1) is 12.8 Å². The molecule has 0 aliphatic rings. The van der Waals surface area contributed by atoms with E-state index < -0.39 is 0 Å². The lowest BCUT2D eigenvalue weighted by atomic mass is 10.2. The molecule has 0 amide bonds. The second-order valence-electron chi connectivity index (χ2n) is 3.92. The van der Waals surface area contributed by atoms with Crippen LogP contribution in [0.5, 0.6) is 0 Å². The fourth-order valence-electron chi connectivity index (χ4n) is 1.01. The van der Waals surface area contributed by atoms with Crippen molar-refractivity contribution < 1.29 is 0 Å². The van der Waals surface area contributed by atoms with Crippen LogP contribution < -0.4 is 10.6 Å². The topological polar surface area (TPSA) is 37.0 Å². The second-order valence-corrected chi connectivity index (χ2v) is 4.33. The molecule has 1 aromatic rings. The Labute approximate surface area is 96.3 Å². The molecule has 4 heteroatoms. The van der Waals surface area contributed by atoms with Crippen molar-refractivity contribution in [3.8, 4) is 0 Å². The Balaban J connectivity index is 2.41. The van der Waals surface area contributed by atoms with Crippen LogP contribution in [-0.2, 0) is 0 Å². The summed E-state index contributed by atoms with van der Waals surface area (Å²) in [4.78, 5) is 4.18. The molecule has 1 aromatic heterocycles. The molecule has 0 radical (unpaired) electrons. The predicted molar refractivity (Wildman–Crippen MR) is 68.0 cm³/mol. The summed E-state index contributed by atoms with van der Waals surface area (Å²) in [6, 6.07) is 3.92. The molecule has 0 saturated heterocycles. The van der Waals surface area contributed by atoms with Gasteiger partial charge >= 0.3 is 0 Å². The van der Waals surface area contributed by atoms with E-state index in [0.29, 0.717) is 11.0 Å². The third-order valence-electron chi connectivity index (χ3n) is 1.84. The second kappa shape index (κ2) is 5.66. The summed E-state index contributed by atoms with van der Waals surface area (Å²) in [7, 11) is 0. The van der Waals surface area contributed by atoms with E-state index in [0.717, 1.165) is 17.9 Å². The van der Waals surface area contributed by atoms with E-state index in [4.69, 9.17) is 12.2 Å². The highest BCUT2D eigenvalue weighted by Gasteiger charge is 1.98. The van der Waals surface area contributed by atoms with Crippen LogP contribution in [0.1, 0.15) is 19.5 Å². The quantitative estimate of drug-likeness (QED) is 0.771. The molecule has 0 saturated carbocycles. The molecule has 0 bridgehead atoms. The maximum Gasteiger partial charge on any atom is 0.170 e. The summed E-state index contributed by atoms with van der Waals surface area (Å²) in [6.07, 6.45) is 1.78. The lowest BCUT2D eigenvalue weighted by Gasteiger charge is -2.11. The van der Waals surface area contributed by atoms with Crippen molar-refractivity contribution in [2.45, 2.75) is 20.8 Å². The SMILES string of the molecule is Cc1ccc(NC(=S)NCC(C)C)cn1. The van der Waals surface area contributed by atoms with Gasteiger partial charge < -0.3 is 10.6 Å². The highest BCUT2D eigenvalue weighted by atomic mass is 32.1. The van der Waals surface area contributed by atoms with Crippen LogP contribution in [0.2, 0.25) is 0 Å². The number of rotatable bonds is 3. The first kappa shape index (κ1) is 11.9. The number of nitrogens with zero attached hydrogens (tertiary/aromatic N) is 1. The zero-order valence-corrected chi connectivity index (χ0v) is 10.2. The van der Waals surface area contributed by atoms with E-state index in [-0.39, 0.29) is 0 Å². The van der Waals surface area contributed by atoms with Gasteiger partial charge in [-0.05, 0) is 37.2 Å². The standard InChI is InChI=1S/C11H17N3S/c1-8(2)6-13-11(15)14-10-5-4-9(3)12-7-10/h4-5,7-8H,6H2,1-3H3,(H2,13,14,15). The Hall–Kier alpha value is -1.16. The van der Waals surface area contributed by atoms with Gasteiger partial charge in [0.1, 0.15) is 0 Å².